The van der Waals surface area contributed by atoms with E-state index < -0.39 is 6.10 Å². The van der Waals surface area contributed by atoms with Crippen LogP contribution in [0.25, 0.3) is 0 Å². The molecule has 0 saturated heterocycles. The first-order chi connectivity index (χ1) is 27.1. The zero-order chi connectivity index (χ0) is 42.6. The summed E-state index contributed by atoms with van der Waals surface area (Å²) in [6, 6.07) is 24.5. The van der Waals surface area contributed by atoms with E-state index in [9.17, 15) is 5.11 Å². The van der Waals surface area contributed by atoms with Gasteiger partial charge in [-0.1, -0.05) is 107 Å². The third-order valence-corrected chi connectivity index (χ3v) is 8.91. The van der Waals surface area contributed by atoms with Crippen LogP contribution < -0.4 is 21.3 Å². The van der Waals surface area contributed by atoms with Crippen LogP contribution in [-0.2, 0) is 26.2 Å². The fourth-order valence-corrected chi connectivity index (χ4v) is 6.03. The summed E-state index contributed by atoms with van der Waals surface area (Å²) in [6.07, 6.45) is -0.686. The number of aliphatic hydroxyl groups excluding tert-OH is 1. The van der Waals surface area contributed by atoms with E-state index in [2.05, 4.69) is 138 Å². The van der Waals surface area contributed by atoms with Gasteiger partial charge in [-0.15, -0.1) is 0 Å². The second-order valence-electron chi connectivity index (χ2n) is 20.7. The molecule has 0 amide bonds. The lowest BCUT2D eigenvalue weighted by Gasteiger charge is -2.29. The maximum absolute atomic E-state index is 12.0. The lowest BCUT2D eigenvalue weighted by molar-refractivity contribution is 0.0615. The normalized spacial score (nSPS) is 12.7. The fourth-order valence-electron chi connectivity index (χ4n) is 6.03. The molecule has 0 aliphatic rings. The molecule has 0 fully saturated rings. The Bertz CT molecular complexity index is 1580. The summed E-state index contributed by atoms with van der Waals surface area (Å²) >= 11 is 0. The second-order valence-corrected chi connectivity index (χ2v) is 20.7. The van der Waals surface area contributed by atoms with Gasteiger partial charge >= 0.3 is 0 Å². The van der Waals surface area contributed by atoms with E-state index in [-0.39, 0.29) is 21.7 Å². The highest BCUT2D eigenvalue weighted by Gasteiger charge is 2.21. The predicted octanol–water partition coefficient (Wildman–Crippen LogP) is 9.16. The fraction of sp³-hybridized carbons (Fsp3) is 0.574. The van der Waals surface area contributed by atoms with Gasteiger partial charge in [-0.2, -0.15) is 0 Å². The largest absolute Gasteiger partial charge is 0.390 e. The van der Waals surface area contributed by atoms with Gasteiger partial charge in [0, 0.05) is 65.4 Å². The van der Waals surface area contributed by atoms with Gasteiger partial charge in [0.2, 0.25) is 0 Å². The highest BCUT2D eigenvalue weighted by molar-refractivity contribution is 5.38. The molecule has 0 unspecified atom stereocenters. The van der Waals surface area contributed by atoms with Gasteiger partial charge in [0.05, 0.1) is 28.9 Å². The molecule has 5 N–H and O–H groups in total. The Morgan fingerprint density at radius 3 is 0.845 bits per heavy atom. The highest BCUT2D eigenvalue weighted by atomic mass is 16.3. The van der Waals surface area contributed by atoms with Crippen molar-refractivity contribution in [3.05, 3.63) is 95.6 Å². The molecule has 0 radical (unpaired) electrons. The smallest absolute Gasteiger partial charge is 0.126 e. The van der Waals surface area contributed by atoms with E-state index >= 15 is 0 Å². The summed E-state index contributed by atoms with van der Waals surface area (Å²) in [4.78, 5) is 24.4. The van der Waals surface area contributed by atoms with Crippen molar-refractivity contribution >= 4 is 23.3 Å². The molecule has 0 aromatic carbocycles. The Balaban J connectivity index is 1.59. The Labute approximate surface area is 350 Å². The Kier molecular flexibility index (Phi) is 16.5. The first kappa shape index (κ1) is 46.4. The number of pyridine rings is 4. The third-order valence-electron chi connectivity index (χ3n) is 8.91. The summed E-state index contributed by atoms with van der Waals surface area (Å²) in [7, 11) is 0. The monoisotopic (exact) mass is 795 g/mol. The Morgan fingerprint density at radius 2 is 0.638 bits per heavy atom. The van der Waals surface area contributed by atoms with Crippen LogP contribution in [0.15, 0.2) is 72.8 Å². The number of nitrogens with zero attached hydrogens (tertiary/aromatic N) is 6. The van der Waals surface area contributed by atoms with Crippen molar-refractivity contribution in [1.29, 1.82) is 0 Å². The second kappa shape index (κ2) is 20.6. The number of aromatic nitrogens is 4. The van der Waals surface area contributed by atoms with Gasteiger partial charge in [-0.25, -0.2) is 19.9 Å². The van der Waals surface area contributed by atoms with E-state index in [4.69, 9.17) is 19.9 Å². The standard InChI is InChI=1S/C47H74N10O/c1-44(2,3)31-48-40-21-13-17-35(52-40)25-56(26-36-18-14-22-41(53-36)49-32-45(4,5)6)29-39(58)30-57(27-37-19-15-23-42(54-37)50-33-46(7,8)9)28-38-20-16-24-43(55-38)51-34-47(10,11)12/h13-24,39,58H,25-34H2,1-12H3,(H,48,52)(H,49,53)(H,50,54)(H,51,55). The summed E-state index contributed by atoms with van der Waals surface area (Å²) in [6.45, 7) is 32.8. The van der Waals surface area contributed by atoms with Crippen LogP contribution in [-0.4, -0.2) is 80.2 Å². The molecule has 0 saturated carbocycles. The molecule has 0 bridgehead atoms. The van der Waals surface area contributed by atoms with Gasteiger partial charge < -0.3 is 26.4 Å². The van der Waals surface area contributed by atoms with Gasteiger partial charge in [0.15, 0.2) is 0 Å². The van der Waals surface area contributed by atoms with Crippen molar-refractivity contribution in [2.45, 2.75) is 115 Å². The molecule has 0 spiro atoms. The molecule has 0 atom stereocenters. The number of rotatable bonds is 20. The Morgan fingerprint density at radius 1 is 0.414 bits per heavy atom. The van der Waals surface area contributed by atoms with Crippen LogP contribution >= 0.6 is 0 Å². The number of anilines is 4. The summed E-state index contributed by atoms with van der Waals surface area (Å²) in [5.74, 6) is 3.40. The van der Waals surface area contributed by atoms with Gasteiger partial charge in [0.25, 0.3) is 0 Å². The summed E-state index contributed by atoms with van der Waals surface area (Å²) < 4.78 is 0. The molecular weight excluding hydrogens is 721 g/mol. The Hall–Kier alpha value is -4.32. The van der Waals surface area contributed by atoms with E-state index in [0.717, 1.165) is 72.2 Å². The van der Waals surface area contributed by atoms with E-state index in [1.54, 1.807) is 0 Å². The molecule has 58 heavy (non-hydrogen) atoms. The third kappa shape index (κ3) is 19.0. The molecular formula is C47H74N10O. The van der Waals surface area contributed by atoms with Crippen molar-refractivity contribution in [3.8, 4) is 0 Å². The van der Waals surface area contributed by atoms with Gasteiger partial charge in [-0.3, -0.25) is 9.80 Å². The van der Waals surface area contributed by atoms with Crippen molar-refractivity contribution in [1.82, 2.24) is 29.7 Å². The van der Waals surface area contributed by atoms with Crippen molar-refractivity contribution in [3.63, 3.8) is 0 Å². The van der Waals surface area contributed by atoms with Crippen LogP contribution in [0.2, 0.25) is 0 Å². The molecule has 11 nitrogen and oxygen atoms in total. The maximum Gasteiger partial charge on any atom is 0.126 e. The molecule has 11 heteroatoms. The number of nitrogens with one attached hydrogen (secondary N) is 4. The van der Waals surface area contributed by atoms with Gasteiger partial charge in [0.1, 0.15) is 23.3 Å². The SMILES string of the molecule is CC(C)(C)CNc1cccc(CN(Cc2cccc(NCC(C)(C)C)n2)CC(O)CN(Cc2cccc(NCC(C)(C)C)n2)Cc2cccc(NCC(C)(C)C)n2)n1. The first-order valence-electron chi connectivity index (χ1n) is 21.0. The van der Waals surface area contributed by atoms with Crippen LogP contribution in [0, 0.1) is 21.7 Å². The lowest BCUT2D eigenvalue weighted by Crippen LogP contribution is -2.40. The topological polar surface area (TPSA) is 126 Å². The zero-order valence-electron chi connectivity index (χ0n) is 37.7. The van der Waals surface area contributed by atoms with Crippen molar-refractivity contribution < 1.29 is 5.11 Å². The predicted molar refractivity (Wildman–Crippen MR) is 243 cm³/mol. The average molecular weight is 795 g/mol. The molecule has 4 rings (SSSR count). The minimum Gasteiger partial charge on any atom is -0.390 e. The molecule has 0 aliphatic heterocycles. The first-order valence-corrected chi connectivity index (χ1v) is 21.0. The molecule has 318 valence electrons. The van der Waals surface area contributed by atoms with E-state index in [0.29, 0.717) is 39.3 Å². The number of hydrogen-bond donors (Lipinski definition) is 5. The van der Waals surface area contributed by atoms with Crippen LogP contribution in [0.5, 0.6) is 0 Å². The summed E-state index contributed by atoms with van der Waals surface area (Å²) in [5.41, 5.74) is 4.20. The van der Waals surface area contributed by atoms with Crippen molar-refractivity contribution in [2.24, 2.45) is 21.7 Å². The lowest BCUT2D eigenvalue weighted by atomic mass is 9.97. The number of aliphatic hydroxyl groups is 1. The minimum absolute atomic E-state index is 0.122. The molecule has 4 heterocycles. The highest BCUT2D eigenvalue weighted by Crippen LogP contribution is 2.20. The number of hydrogen-bond acceptors (Lipinski definition) is 11. The minimum atomic E-state index is -0.686. The van der Waals surface area contributed by atoms with Gasteiger partial charge in [-0.05, 0) is 70.2 Å². The maximum atomic E-state index is 12.0. The van der Waals surface area contributed by atoms with E-state index in [1.807, 2.05) is 48.5 Å². The van der Waals surface area contributed by atoms with Crippen LogP contribution in [0.4, 0.5) is 23.3 Å². The summed E-state index contributed by atoms with van der Waals surface area (Å²) in [5, 5.41) is 26.0. The zero-order valence-corrected chi connectivity index (χ0v) is 37.7. The quantitative estimate of drug-likeness (QED) is 0.0588. The van der Waals surface area contributed by atoms with Crippen LogP contribution in [0.1, 0.15) is 106 Å². The van der Waals surface area contributed by atoms with Crippen molar-refractivity contribution in [2.75, 3.05) is 60.5 Å². The van der Waals surface area contributed by atoms with E-state index in [1.165, 1.54) is 0 Å². The average Bonchev–Trinajstić information content (AvgIpc) is 3.11. The molecule has 0 aliphatic carbocycles. The van der Waals surface area contributed by atoms with Crippen LogP contribution in [0.3, 0.4) is 0 Å². The molecule has 4 aromatic heterocycles. The molecule has 4 aromatic rings.